The maximum absolute atomic E-state index is 13.4. The number of aromatic carboxylic acids is 1. The Labute approximate surface area is 431 Å². The van der Waals surface area contributed by atoms with Crippen LogP contribution in [-0.2, 0) is 35.8 Å². The fourth-order valence-corrected chi connectivity index (χ4v) is 8.45. The van der Waals surface area contributed by atoms with Gasteiger partial charge in [0.2, 0.25) is 11.8 Å². The highest BCUT2D eigenvalue weighted by Gasteiger charge is 2.38. The standard InChI is InChI=1S/C26H28ClN5O4.C24H23ClN4O5.C2H7N/c1-26(2)14-31(15-26)21(33)13-32-22-17(9-18(12-28-22)24(35)30(3)4)10-20(25(32)36)23(34)29-11-16-5-7-19(27)8-6-16;1-24(2)12-28(13-24)19(30)11-29-20-15(7-16(10-26-20)23(33)34)8-18(22(29)32)21(31)27-9-14-3-5-17(25)6-4-14;1-3-2/h5-10,12H,11,13-15H2,1-4H3,(H,29,34);3-8,10H,9,11-13H2,1-2H3,(H,27,31)(H,33,34);3H,1-2H3. The van der Waals surface area contributed by atoms with Gasteiger partial charge in [-0.2, -0.15) is 0 Å². The number of carbonyl (C=O) groups excluding carboxylic acids is 5. The summed E-state index contributed by atoms with van der Waals surface area (Å²) in [4.78, 5) is 115. The Balaban J connectivity index is 0.000000226. The molecule has 2 aliphatic heterocycles. The second-order valence-corrected chi connectivity index (χ2v) is 20.5. The molecule has 2 aromatic carbocycles. The summed E-state index contributed by atoms with van der Waals surface area (Å²) in [5.74, 6) is -3.20. The second-order valence-electron chi connectivity index (χ2n) is 19.6. The van der Waals surface area contributed by atoms with Crippen molar-refractivity contribution < 1.29 is 33.9 Å². The van der Waals surface area contributed by atoms with Crippen LogP contribution in [-0.4, -0.2) is 129 Å². The number of rotatable bonds is 12. The third-order valence-electron chi connectivity index (χ3n) is 11.7. The van der Waals surface area contributed by atoms with Crippen LogP contribution in [0.2, 0.25) is 10.0 Å². The summed E-state index contributed by atoms with van der Waals surface area (Å²) < 4.78 is 2.34. The van der Waals surface area contributed by atoms with Crippen molar-refractivity contribution in [1.82, 2.24) is 49.8 Å². The van der Waals surface area contributed by atoms with Crippen LogP contribution in [0.1, 0.15) is 80.3 Å². The fraction of sp³-hybridized carbons (Fsp3) is 0.346. The van der Waals surface area contributed by atoms with Gasteiger partial charge >= 0.3 is 5.97 Å². The van der Waals surface area contributed by atoms with Crippen LogP contribution in [0.25, 0.3) is 22.1 Å². The molecule has 73 heavy (non-hydrogen) atoms. The SMILES string of the molecule is CC1(C)CN(C(=O)Cn2c(=O)c(C(=O)NCc3ccc(Cl)cc3)cc3cc(C(=O)O)cnc32)C1.CN(C)C(=O)c1cnc2c(c1)cc(C(=O)NCc1ccc(Cl)cc1)c(=O)n2CC(=O)N1CC(C)(C)C1.CNC. The smallest absolute Gasteiger partial charge is 0.337 e. The van der Waals surface area contributed by atoms with Crippen LogP contribution >= 0.6 is 23.2 Å². The van der Waals surface area contributed by atoms with Crippen molar-refractivity contribution in [3.05, 3.63) is 149 Å². The summed E-state index contributed by atoms with van der Waals surface area (Å²) in [5, 5.41) is 19.3. The van der Waals surface area contributed by atoms with Gasteiger partial charge in [0.25, 0.3) is 28.8 Å². The van der Waals surface area contributed by atoms with Crippen molar-refractivity contribution in [3.8, 4) is 0 Å². The van der Waals surface area contributed by atoms with E-state index in [9.17, 15) is 43.5 Å². The summed E-state index contributed by atoms with van der Waals surface area (Å²) in [6, 6.07) is 19.5. The number of hydrogen-bond acceptors (Lipinski definition) is 11. The van der Waals surface area contributed by atoms with Gasteiger partial charge in [-0.25, -0.2) is 14.8 Å². The second kappa shape index (κ2) is 22.9. The largest absolute Gasteiger partial charge is 0.478 e. The third kappa shape index (κ3) is 13.5. The molecule has 6 heterocycles. The summed E-state index contributed by atoms with van der Waals surface area (Å²) in [7, 11) is 6.99. The van der Waals surface area contributed by atoms with Gasteiger partial charge in [-0.15, -0.1) is 0 Å². The lowest BCUT2D eigenvalue weighted by molar-refractivity contribution is -0.142. The zero-order valence-corrected chi connectivity index (χ0v) is 43.4. The first-order valence-corrected chi connectivity index (χ1v) is 23.9. The van der Waals surface area contributed by atoms with Crippen molar-refractivity contribution >= 4 is 80.8 Å². The minimum absolute atomic E-state index is 0.0146. The lowest BCUT2D eigenvalue weighted by Crippen LogP contribution is -2.56. The van der Waals surface area contributed by atoms with Crippen LogP contribution in [0, 0.1) is 10.8 Å². The number of hydrogen-bond donors (Lipinski definition) is 4. The molecule has 2 aliphatic rings. The number of halogens is 2. The van der Waals surface area contributed by atoms with Gasteiger partial charge in [-0.05, 0) is 84.6 Å². The van der Waals surface area contributed by atoms with E-state index >= 15 is 0 Å². The molecule has 8 rings (SSSR count). The maximum atomic E-state index is 13.4. The summed E-state index contributed by atoms with van der Waals surface area (Å²) in [6.07, 6.45) is 2.50. The number of carboxylic acid groups (broad SMARTS) is 1. The van der Waals surface area contributed by atoms with Crippen molar-refractivity contribution in [2.24, 2.45) is 10.8 Å². The van der Waals surface area contributed by atoms with Crippen LogP contribution in [0.3, 0.4) is 0 Å². The number of fused-ring (bicyclic) bond motifs is 2. The van der Waals surface area contributed by atoms with E-state index in [1.165, 1.54) is 33.9 Å². The van der Waals surface area contributed by atoms with E-state index in [0.717, 1.165) is 21.9 Å². The minimum atomic E-state index is -1.19. The Morgan fingerprint density at radius 2 is 0.973 bits per heavy atom. The normalized spacial score (nSPS) is 14.1. The molecule has 4 aromatic heterocycles. The number of aromatic nitrogens is 4. The zero-order valence-electron chi connectivity index (χ0n) is 41.8. The van der Waals surface area contributed by atoms with Gasteiger partial charge in [0.1, 0.15) is 35.5 Å². The highest BCUT2D eigenvalue weighted by atomic mass is 35.5. The molecule has 4 N–H and O–H groups in total. The first-order chi connectivity index (χ1) is 34.4. The molecule has 0 saturated carbocycles. The predicted octanol–water partition coefficient (Wildman–Crippen LogP) is 4.93. The molecule has 2 fully saturated rings. The van der Waals surface area contributed by atoms with E-state index in [4.69, 9.17) is 23.2 Å². The number of carbonyl (C=O) groups is 6. The summed E-state index contributed by atoms with van der Waals surface area (Å²) in [5.41, 5.74) is 0.582. The topological polar surface area (TPSA) is 238 Å². The number of benzene rings is 2. The number of pyridine rings is 4. The van der Waals surface area contributed by atoms with Crippen LogP contribution < -0.4 is 27.1 Å². The van der Waals surface area contributed by atoms with Crippen LogP contribution in [0.15, 0.2) is 94.8 Å². The molecule has 5 amide bonds. The quantitative estimate of drug-likeness (QED) is 0.128. The van der Waals surface area contributed by atoms with Crippen molar-refractivity contribution in [1.29, 1.82) is 0 Å². The Morgan fingerprint density at radius 1 is 0.616 bits per heavy atom. The molecule has 2 saturated heterocycles. The Morgan fingerprint density at radius 3 is 1.32 bits per heavy atom. The molecule has 0 aliphatic carbocycles. The molecule has 0 atom stereocenters. The minimum Gasteiger partial charge on any atom is -0.478 e. The number of carboxylic acids is 1. The first-order valence-electron chi connectivity index (χ1n) is 23.1. The lowest BCUT2D eigenvalue weighted by Gasteiger charge is -2.45. The number of nitrogens with one attached hydrogen (secondary N) is 3. The zero-order chi connectivity index (χ0) is 53.5. The average Bonchev–Trinajstić information content (AvgIpc) is 3.33. The summed E-state index contributed by atoms with van der Waals surface area (Å²) in [6.45, 7) is 10.3. The molecule has 0 unspecified atom stereocenters. The van der Waals surface area contributed by atoms with Crippen molar-refractivity contribution in [2.45, 2.75) is 53.9 Å². The van der Waals surface area contributed by atoms with Crippen LogP contribution in [0.5, 0.6) is 0 Å². The fourth-order valence-electron chi connectivity index (χ4n) is 8.20. The van der Waals surface area contributed by atoms with E-state index in [1.54, 1.807) is 78.5 Å². The number of nitrogens with zero attached hydrogens (tertiary/aromatic N) is 7. The Kier molecular flexibility index (Phi) is 17.2. The van der Waals surface area contributed by atoms with Gasteiger partial charge in [0, 0.05) is 86.6 Å². The van der Waals surface area contributed by atoms with Crippen molar-refractivity contribution in [2.75, 3.05) is 54.4 Å². The average molecular weight is 1040 g/mol. The highest BCUT2D eigenvalue weighted by molar-refractivity contribution is 6.30. The molecule has 6 aromatic rings. The molecule has 0 radical (unpaired) electrons. The van der Waals surface area contributed by atoms with Gasteiger partial charge < -0.3 is 35.8 Å². The molecule has 0 spiro atoms. The lowest BCUT2D eigenvalue weighted by atomic mass is 9.84. The Bertz CT molecular complexity index is 3210. The van der Waals surface area contributed by atoms with E-state index in [2.05, 4.69) is 39.8 Å². The van der Waals surface area contributed by atoms with Gasteiger partial charge in [0.05, 0.1) is 11.1 Å². The molecular formula is C52H58Cl2N10O9. The van der Waals surface area contributed by atoms with Gasteiger partial charge in [-0.3, -0.25) is 42.7 Å². The first kappa shape index (κ1) is 54.8. The molecule has 0 bridgehead atoms. The maximum Gasteiger partial charge on any atom is 0.337 e. The van der Waals surface area contributed by atoms with Gasteiger partial charge in [0.15, 0.2) is 0 Å². The van der Waals surface area contributed by atoms with E-state index in [-0.39, 0.29) is 88.1 Å². The third-order valence-corrected chi connectivity index (χ3v) is 12.2. The van der Waals surface area contributed by atoms with Gasteiger partial charge in [-0.1, -0.05) is 75.2 Å². The number of likely N-dealkylation sites (tertiary alicyclic amines) is 2. The van der Waals surface area contributed by atoms with E-state index in [1.807, 2.05) is 27.9 Å². The summed E-state index contributed by atoms with van der Waals surface area (Å²) >= 11 is 11.8. The molecular weight excluding hydrogens is 980 g/mol. The highest BCUT2D eigenvalue weighted by Crippen LogP contribution is 2.30. The molecule has 384 valence electrons. The Hall–Kier alpha value is -7.48. The van der Waals surface area contributed by atoms with Crippen LogP contribution in [0.4, 0.5) is 0 Å². The van der Waals surface area contributed by atoms with E-state index in [0.29, 0.717) is 47.2 Å². The monoisotopic (exact) mass is 1040 g/mol. The molecule has 21 heteroatoms. The van der Waals surface area contributed by atoms with E-state index < -0.39 is 28.9 Å². The number of amides is 5. The molecule has 19 nitrogen and oxygen atoms in total. The predicted molar refractivity (Wildman–Crippen MR) is 278 cm³/mol. The van der Waals surface area contributed by atoms with Crippen molar-refractivity contribution in [3.63, 3.8) is 0 Å².